The van der Waals surface area contributed by atoms with E-state index >= 15 is 0 Å². The Labute approximate surface area is 102 Å². The van der Waals surface area contributed by atoms with E-state index in [4.69, 9.17) is 5.26 Å². The highest BCUT2D eigenvalue weighted by atomic mass is 16.2. The predicted octanol–water partition coefficient (Wildman–Crippen LogP) is 0.663. The summed E-state index contributed by atoms with van der Waals surface area (Å²) in [6.45, 7) is 4.73. The molecule has 1 N–H and O–H groups in total. The average Bonchev–Trinajstić information content (AvgIpc) is 2.37. The maximum atomic E-state index is 12.0. The van der Waals surface area contributed by atoms with E-state index in [9.17, 15) is 9.59 Å². The van der Waals surface area contributed by atoms with Crippen LogP contribution in [0.2, 0.25) is 0 Å². The van der Waals surface area contributed by atoms with Crippen molar-refractivity contribution in [1.82, 2.24) is 10.2 Å². The second kappa shape index (κ2) is 6.24. The van der Waals surface area contributed by atoms with Gasteiger partial charge < -0.3 is 10.2 Å². The van der Waals surface area contributed by atoms with E-state index in [1.54, 1.807) is 11.8 Å². The summed E-state index contributed by atoms with van der Waals surface area (Å²) >= 11 is 0. The van der Waals surface area contributed by atoms with Crippen LogP contribution in [0.5, 0.6) is 0 Å². The van der Waals surface area contributed by atoms with Crippen LogP contribution in [-0.4, -0.2) is 35.8 Å². The topological polar surface area (TPSA) is 73.2 Å². The Kier molecular flexibility index (Phi) is 4.95. The average molecular weight is 237 g/mol. The third-order valence-electron chi connectivity index (χ3n) is 2.98. The Morgan fingerprint density at radius 2 is 1.82 bits per heavy atom. The zero-order valence-corrected chi connectivity index (χ0v) is 10.4. The van der Waals surface area contributed by atoms with Gasteiger partial charge in [0.25, 0.3) is 0 Å². The van der Waals surface area contributed by atoms with Gasteiger partial charge in [0.2, 0.25) is 11.8 Å². The lowest BCUT2D eigenvalue weighted by Crippen LogP contribution is -2.49. The number of nitriles is 1. The van der Waals surface area contributed by atoms with Crippen LogP contribution >= 0.6 is 0 Å². The summed E-state index contributed by atoms with van der Waals surface area (Å²) in [5.74, 6) is -1.15. The normalized spacial score (nSPS) is 19.0. The Morgan fingerprint density at radius 1 is 1.24 bits per heavy atom. The highest BCUT2D eigenvalue weighted by molar-refractivity contribution is 5.89. The van der Waals surface area contributed by atoms with Crippen molar-refractivity contribution >= 4 is 11.8 Å². The fourth-order valence-electron chi connectivity index (χ4n) is 1.85. The lowest BCUT2D eigenvalue weighted by atomic mass is 10.1. The molecule has 17 heavy (non-hydrogen) atoms. The Balaban J connectivity index is 2.46. The number of piperidine rings is 1. The summed E-state index contributed by atoms with van der Waals surface area (Å²) in [6.07, 6.45) is 3.22. The first-order valence-corrected chi connectivity index (χ1v) is 6.05. The van der Waals surface area contributed by atoms with Crippen molar-refractivity contribution in [3.8, 4) is 6.07 Å². The van der Waals surface area contributed by atoms with Gasteiger partial charge >= 0.3 is 0 Å². The second-order valence-corrected chi connectivity index (χ2v) is 4.47. The van der Waals surface area contributed by atoms with Gasteiger partial charge in [0.15, 0.2) is 0 Å². The summed E-state index contributed by atoms with van der Waals surface area (Å²) in [5.41, 5.74) is 0. The largest absolute Gasteiger partial charge is 0.343 e. The molecule has 0 aromatic heterocycles. The van der Waals surface area contributed by atoms with Crippen LogP contribution in [0.25, 0.3) is 0 Å². The van der Waals surface area contributed by atoms with Crippen LogP contribution in [0.1, 0.15) is 33.1 Å². The first kappa shape index (κ1) is 13.5. The van der Waals surface area contributed by atoms with Crippen molar-refractivity contribution < 1.29 is 9.59 Å². The lowest BCUT2D eigenvalue weighted by molar-refractivity contribution is -0.137. The molecule has 1 aliphatic heterocycles. The Hall–Kier alpha value is -1.57. The molecule has 0 bridgehead atoms. The summed E-state index contributed by atoms with van der Waals surface area (Å²) in [5, 5.41) is 11.2. The molecule has 5 heteroatoms. The van der Waals surface area contributed by atoms with Gasteiger partial charge in [-0.05, 0) is 33.1 Å². The minimum Gasteiger partial charge on any atom is -0.343 e. The number of amides is 2. The monoisotopic (exact) mass is 237 g/mol. The molecule has 1 fully saturated rings. The molecule has 0 aromatic rings. The van der Waals surface area contributed by atoms with Gasteiger partial charge in [-0.2, -0.15) is 5.26 Å². The van der Waals surface area contributed by atoms with Crippen molar-refractivity contribution in [2.24, 2.45) is 5.92 Å². The predicted molar refractivity (Wildman–Crippen MR) is 62.8 cm³/mol. The summed E-state index contributed by atoms with van der Waals surface area (Å²) in [7, 11) is 0. The van der Waals surface area contributed by atoms with Crippen LogP contribution in [0, 0.1) is 17.2 Å². The molecule has 2 amide bonds. The van der Waals surface area contributed by atoms with Crippen molar-refractivity contribution in [2.45, 2.75) is 39.2 Å². The smallest absolute Gasteiger partial charge is 0.244 e. The molecule has 5 nitrogen and oxygen atoms in total. The summed E-state index contributed by atoms with van der Waals surface area (Å²) in [6, 6.07) is 1.31. The zero-order valence-electron chi connectivity index (χ0n) is 10.4. The number of nitrogens with one attached hydrogen (secondary N) is 1. The van der Waals surface area contributed by atoms with Gasteiger partial charge in [-0.25, -0.2) is 0 Å². The molecule has 0 radical (unpaired) electrons. The van der Waals surface area contributed by atoms with E-state index in [0.29, 0.717) is 0 Å². The van der Waals surface area contributed by atoms with Crippen molar-refractivity contribution in [3.63, 3.8) is 0 Å². The van der Waals surface area contributed by atoms with Gasteiger partial charge in [0.05, 0.1) is 6.07 Å². The summed E-state index contributed by atoms with van der Waals surface area (Å²) in [4.78, 5) is 25.2. The molecule has 0 saturated carbocycles. The molecule has 1 saturated heterocycles. The first-order chi connectivity index (χ1) is 8.06. The molecular weight excluding hydrogens is 218 g/mol. The van der Waals surface area contributed by atoms with Crippen LogP contribution in [0.15, 0.2) is 0 Å². The zero-order chi connectivity index (χ0) is 12.8. The third-order valence-corrected chi connectivity index (χ3v) is 2.98. The number of hydrogen-bond acceptors (Lipinski definition) is 3. The fraction of sp³-hybridized carbons (Fsp3) is 0.750. The molecule has 0 spiro atoms. The van der Waals surface area contributed by atoms with E-state index in [1.165, 1.54) is 6.92 Å². The van der Waals surface area contributed by atoms with E-state index in [0.717, 1.165) is 32.4 Å². The van der Waals surface area contributed by atoms with Gasteiger partial charge in [-0.1, -0.05) is 0 Å². The first-order valence-electron chi connectivity index (χ1n) is 6.05. The van der Waals surface area contributed by atoms with E-state index in [2.05, 4.69) is 5.32 Å². The minimum atomic E-state index is -0.716. The molecule has 94 valence electrons. The number of hydrogen-bond donors (Lipinski definition) is 1. The number of nitrogens with zero attached hydrogens (tertiary/aromatic N) is 2. The van der Waals surface area contributed by atoms with Crippen LogP contribution in [0.4, 0.5) is 0 Å². The van der Waals surface area contributed by atoms with Crippen molar-refractivity contribution in [1.29, 1.82) is 5.26 Å². The molecule has 2 atom stereocenters. The van der Waals surface area contributed by atoms with Gasteiger partial charge in [-0.3, -0.25) is 9.59 Å². The van der Waals surface area contributed by atoms with Crippen LogP contribution in [0.3, 0.4) is 0 Å². The van der Waals surface area contributed by atoms with E-state index in [-0.39, 0.29) is 11.8 Å². The molecule has 1 rings (SSSR count). The molecule has 0 aromatic carbocycles. The standard InChI is InChI=1S/C12H19N3O2/c1-9(8-13)11(16)14-10(2)12(17)15-6-4-3-5-7-15/h9-10H,3-7H2,1-2H3,(H,14,16). The molecule has 1 heterocycles. The Morgan fingerprint density at radius 3 is 2.35 bits per heavy atom. The third kappa shape index (κ3) is 3.74. The van der Waals surface area contributed by atoms with Gasteiger partial charge in [-0.15, -0.1) is 0 Å². The molecular formula is C12H19N3O2. The van der Waals surface area contributed by atoms with Gasteiger partial charge in [0.1, 0.15) is 12.0 Å². The van der Waals surface area contributed by atoms with E-state index in [1.807, 2.05) is 6.07 Å². The van der Waals surface area contributed by atoms with Crippen molar-refractivity contribution in [3.05, 3.63) is 0 Å². The Bertz CT molecular complexity index is 329. The van der Waals surface area contributed by atoms with E-state index < -0.39 is 12.0 Å². The van der Waals surface area contributed by atoms with Crippen molar-refractivity contribution in [2.75, 3.05) is 13.1 Å². The fourth-order valence-corrected chi connectivity index (χ4v) is 1.85. The van der Waals surface area contributed by atoms with Crippen LogP contribution < -0.4 is 5.32 Å². The molecule has 1 aliphatic rings. The van der Waals surface area contributed by atoms with Gasteiger partial charge in [0, 0.05) is 13.1 Å². The maximum absolute atomic E-state index is 12.0. The number of rotatable bonds is 3. The number of carbonyl (C=O) groups excluding carboxylic acids is 2. The highest BCUT2D eigenvalue weighted by Crippen LogP contribution is 2.10. The SMILES string of the molecule is CC(C#N)C(=O)NC(C)C(=O)N1CCCCC1. The number of carbonyl (C=O) groups is 2. The molecule has 0 aliphatic carbocycles. The summed E-state index contributed by atoms with van der Waals surface area (Å²) < 4.78 is 0. The lowest BCUT2D eigenvalue weighted by Gasteiger charge is -2.29. The molecule has 2 unspecified atom stereocenters. The minimum absolute atomic E-state index is 0.0526. The highest BCUT2D eigenvalue weighted by Gasteiger charge is 2.24. The van der Waals surface area contributed by atoms with Crippen LogP contribution in [-0.2, 0) is 9.59 Å². The number of likely N-dealkylation sites (tertiary alicyclic amines) is 1. The quantitative estimate of drug-likeness (QED) is 0.783. The maximum Gasteiger partial charge on any atom is 0.244 e. The second-order valence-electron chi connectivity index (χ2n) is 4.47.